The second-order valence-corrected chi connectivity index (χ2v) is 5.41. The number of anilines is 1. The zero-order valence-corrected chi connectivity index (χ0v) is 11.4. The molecule has 1 aliphatic rings. The van der Waals surface area contributed by atoms with E-state index in [4.69, 9.17) is 4.74 Å². The van der Waals surface area contributed by atoms with Crippen molar-refractivity contribution in [1.82, 2.24) is 4.90 Å². The van der Waals surface area contributed by atoms with Crippen LogP contribution in [0, 0.1) is 0 Å². The van der Waals surface area contributed by atoms with Gasteiger partial charge in [0.1, 0.15) is 5.75 Å². The molecule has 4 nitrogen and oxygen atoms in total. The fourth-order valence-electron chi connectivity index (χ4n) is 2.65. The molecular formula is C14H20N2O2. The van der Waals surface area contributed by atoms with Crippen LogP contribution in [0.25, 0.3) is 0 Å². The van der Waals surface area contributed by atoms with Crippen LogP contribution in [0.2, 0.25) is 0 Å². The maximum atomic E-state index is 12.2. The summed E-state index contributed by atoms with van der Waals surface area (Å²) in [5, 5.41) is 0. The standard InChI is InChI=1S/C14H20N2O2/c1-14(2)10-15(3)9-13(17)16(14)11-5-7-12(18-4)8-6-11/h5-8H,9-10H2,1-4H3. The van der Waals surface area contributed by atoms with E-state index >= 15 is 0 Å². The number of nitrogens with zero attached hydrogens (tertiary/aromatic N) is 2. The molecule has 0 spiro atoms. The van der Waals surface area contributed by atoms with Gasteiger partial charge >= 0.3 is 0 Å². The fraction of sp³-hybridized carbons (Fsp3) is 0.500. The van der Waals surface area contributed by atoms with Crippen LogP contribution < -0.4 is 9.64 Å². The monoisotopic (exact) mass is 248 g/mol. The van der Waals surface area contributed by atoms with Gasteiger partial charge in [-0.1, -0.05) is 0 Å². The van der Waals surface area contributed by atoms with Crippen molar-refractivity contribution in [1.29, 1.82) is 0 Å². The lowest BCUT2D eigenvalue weighted by Crippen LogP contribution is -2.61. The van der Waals surface area contributed by atoms with E-state index in [1.54, 1.807) is 7.11 Å². The van der Waals surface area contributed by atoms with Crippen molar-refractivity contribution in [2.45, 2.75) is 19.4 Å². The largest absolute Gasteiger partial charge is 0.497 e. The van der Waals surface area contributed by atoms with Gasteiger partial charge in [-0.05, 0) is 45.2 Å². The molecule has 1 fully saturated rings. The van der Waals surface area contributed by atoms with E-state index in [1.165, 1.54) is 0 Å². The van der Waals surface area contributed by atoms with Gasteiger partial charge < -0.3 is 9.64 Å². The van der Waals surface area contributed by atoms with Crippen molar-refractivity contribution < 1.29 is 9.53 Å². The minimum Gasteiger partial charge on any atom is -0.497 e. The number of carbonyl (C=O) groups is 1. The Morgan fingerprint density at radius 2 is 1.83 bits per heavy atom. The van der Waals surface area contributed by atoms with Crippen molar-refractivity contribution in [3.05, 3.63) is 24.3 Å². The first-order valence-corrected chi connectivity index (χ1v) is 6.10. The fourth-order valence-corrected chi connectivity index (χ4v) is 2.65. The molecule has 0 atom stereocenters. The lowest BCUT2D eigenvalue weighted by Gasteiger charge is -2.45. The maximum absolute atomic E-state index is 12.2. The molecule has 2 rings (SSSR count). The highest BCUT2D eigenvalue weighted by Gasteiger charge is 2.37. The average molecular weight is 248 g/mol. The highest BCUT2D eigenvalue weighted by molar-refractivity contribution is 5.97. The number of benzene rings is 1. The first kappa shape index (κ1) is 12.9. The van der Waals surface area contributed by atoms with Crippen LogP contribution in [-0.4, -0.2) is 43.6 Å². The lowest BCUT2D eigenvalue weighted by atomic mass is 9.97. The van der Waals surface area contributed by atoms with Crippen LogP contribution in [0.1, 0.15) is 13.8 Å². The molecule has 1 saturated heterocycles. The van der Waals surface area contributed by atoms with E-state index in [2.05, 4.69) is 18.7 Å². The summed E-state index contributed by atoms with van der Waals surface area (Å²) in [7, 11) is 3.62. The molecule has 1 aliphatic heterocycles. The van der Waals surface area contributed by atoms with E-state index in [0.717, 1.165) is 18.0 Å². The molecule has 4 heteroatoms. The van der Waals surface area contributed by atoms with Gasteiger partial charge in [0, 0.05) is 12.2 Å². The van der Waals surface area contributed by atoms with E-state index in [-0.39, 0.29) is 11.4 Å². The molecule has 1 aromatic carbocycles. The number of carbonyl (C=O) groups excluding carboxylic acids is 1. The topological polar surface area (TPSA) is 32.8 Å². The molecule has 98 valence electrons. The van der Waals surface area contributed by atoms with Gasteiger partial charge in [-0.3, -0.25) is 9.69 Å². The van der Waals surface area contributed by atoms with Gasteiger partial charge in [0.25, 0.3) is 0 Å². The Hall–Kier alpha value is -1.55. The Morgan fingerprint density at radius 3 is 2.33 bits per heavy atom. The van der Waals surface area contributed by atoms with Crippen molar-refractivity contribution >= 4 is 11.6 Å². The van der Waals surface area contributed by atoms with E-state index in [1.807, 2.05) is 36.2 Å². The van der Waals surface area contributed by atoms with Gasteiger partial charge in [-0.15, -0.1) is 0 Å². The number of piperazine rings is 1. The maximum Gasteiger partial charge on any atom is 0.241 e. The summed E-state index contributed by atoms with van der Waals surface area (Å²) in [5.41, 5.74) is 0.734. The smallest absolute Gasteiger partial charge is 0.241 e. The van der Waals surface area contributed by atoms with Gasteiger partial charge in [-0.2, -0.15) is 0 Å². The molecule has 1 heterocycles. The number of amides is 1. The predicted molar refractivity (Wildman–Crippen MR) is 72.1 cm³/mol. The molecule has 1 amide bonds. The Bertz CT molecular complexity index is 440. The number of hydrogen-bond acceptors (Lipinski definition) is 3. The minimum atomic E-state index is -0.196. The first-order chi connectivity index (χ1) is 8.44. The summed E-state index contributed by atoms with van der Waals surface area (Å²) in [5.74, 6) is 0.942. The lowest BCUT2D eigenvalue weighted by molar-refractivity contribution is -0.122. The van der Waals surface area contributed by atoms with Crippen molar-refractivity contribution in [3.63, 3.8) is 0 Å². The molecule has 0 radical (unpaired) electrons. The first-order valence-electron chi connectivity index (χ1n) is 6.10. The highest BCUT2D eigenvalue weighted by Crippen LogP contribution is 2.29. The number of hydrogen-bond donors (Lipinski definition) is 0. The normalized spacial score (nSPS) is 20.0. The van der Waals surface area contributed by atoms with Crippen LogP contribution in [0.15, 0.2) is 24.3 Å². The van der Waals surface area contributed by atoms with Crippen LogP contribution in [0.5, 0.6) is 5.75 Å². The van der Waals surface area contributed by atoms with Gasteiger partial charge in [0.05, 0.1) is 19.2 Å². The summed E-state index contributed by atoms with van der Waals surface area (Å²) in [4.78, 5) is 16.2. The predicted octanol–water partition coefficient (Wildman–Crippen LogP) is 1.75. The summed E-state index contributed by atoms with van der Waals surface area (Å²) < 4.78 is 5.14. The van der Waals surface area contributed by atoms with Crippen LogP contribution in [0.3, 0.4) is 0 Å². The van der Waals surface area contributed by atoms with Gasteiger partial charge in [0.15, 0.2) is 0 Å². The molecule has 0 unspecified atom stereocenters. The minimum absolute atomic E-state index is 0.138. The summed E-state index contributed by atoms with van der Waals surface area (Å²) in [6, 6.07) is 7.64. The average Bonchev–Trinajstić information content (AvgIpc) is 2.27. The second-order valence-electron chi connectivity index (χ2n) is 5.41. The summed E-state index contributed by atoms with van der Waals surface area (Å²) in [6.07, 6.45) is 0. The van der Waals surface area contributed by atoms with Crippen LogP contribution in [0.4, 0.5) is 5.69 Å². The van der Waals surface area contributed by atoms with Crippen molar-refractivity contribution in [2.24, 2.45) is 0 Å². The van der Waals surface area contributed by atoms with E-state index in [0.29, 0.717) is 6.54 Å². The molecule has 1 aromatic rings. The van der Waals surface area contributed by atoms with Crippen LogP contribution >= 0.6 is 0 Å². The Labute approximate surface area is 108 Å². The molecular weight excluding hydrogens is 228 g/mol. The van der Waals surface area contributed by atoms with Crippen molar-refractivity contribution in [3.8, 4) is 5.75 Å². The molecule has 0 N–H and O–H groups in total. The van der Waals surface area contributed by atoms with Crippen molar-refractivity contribution in [2.75, 3.05) is 32.1 Å². The van der Waals surface area contributed by atoms with Gasteiger partial charge in [-0.25, -0.2) is 0 Å². The molecule has 18 heavy (non-hydrogen) atoms. The summed E-state index contributed by atoms with van der Waals surface area (Å²) >= 11 is 0. The third-order valence-corrected chi connectivity index (χ3v) is 3.25. The quantitative estimate of drug-likeness (QED) is 0.799. The Balaban J connectivity index is 2.32. The molecule has 0 aliphatic carbocycles. The number of methoxy groups -OCH3 is 1. The Morgan fingerprint density at radius 1 is 1.22 bits per heavy atom. The zero-order chi connectivity index (χ0) is 13.3. The highest BCUT2D eigenvalue weighted by atomic mass is 16.5. The number of likely N-dealkylation sites (N-methyl/N-ethyl adjacent to an activating group) is 1. The molecule has 0 saturated carbocycles. The third kappa shape index (κ3) is 2.34. The molecule has 0 aromatic heterocycles. The SMILES string of the molecule is COc1ccc(N2C(=O)CN(C)CC2(C)C)cc1. The molecule has 0 bridgehead atoms. The van der Waals surface area contributed by atoms with Gasteiger partial charge in [0.2, 0.25) is 5.91 Å². The third-order valence-electron chi connectivity index (χ3n) is 3.25. The van der Waals surface area contributed by atoms with Crippen LogP contribution in [-0.2, 0) is 4.79 Å². The number of rotatable bonds is 2. The summed E-state index contributed by atoms with van der Waals surface area (Å²) in [6.45, 7) is 5.51. The number of ether oxygens (including phenoxy) is 1. The second kappa shape index (κ2) is 4.61. The van der Waals surface area contributed by atoms with E-state index in [9.17, 15) is 4.79 Å². The van der Waals surface area contributed by atoms with E-state index < -0.39 is 0 Å². The zero-order valence-electron chi connectivity index (χ0n) is 11.4. The Kier molecular flexibility index (Phi) is 3.30.